The van der Waals surface area contributed by atoms with Gasteiger partial charge in [0.25, 0.3) is 5.91 Å². The predicted octanol–water partition coefficient (Wildman–Crippen LogP) is 2.64. The van der Waals surface area contributed by atoms with Gasteiger partial charge in [0, 0.05) is 17.3 Å². The number of hydrogen-bond donors (Lipinski definition) is 0. The first kappa shape index (κ1) is 11.7. The second-order valence-electron chi connectivity index (χ2n) is 4.48. The topological polar surface area (TPSA) is 48.3 Å². The van der Waals surface area contributed by atoms with Gasteiger partial charge < -0.3 is 4.74 Å². The molecule has 0 bridgehead atoms. The highest BCUT2D eigenvalue weighted by Crippen LogP contribution is 2.37. The van der Waals surface area contributed by atoms with E-state index in [1.807, 2.05) is 25.1 Å². The molecular formula is C15H13NO3. The largest absolute Gasteiger partial charge is 0.462 e. The Labute approximate surface area is 110 Å². The SMILES string of the molecule is CCOC(=O)c1c(C)cn2c1-c1ccccc1C2=O. The fraction of sp³-hybridized carbons (Fsp3) is 0.200. The van der Waals surface area contributed by atoms with Crippen molar-refractivity contribution in [2.75, 3.05) is 6.61 Å². The van der Waals surface area contributed by atoms with Crippen LogP contribution < -0.4 is 0 Å². The summed E-state index contributed by atoms with van der Waals surface area (Å²) >= 11 is 0. The van der Waals surface area contributed by atoms with E-state index < -0.39 is 0 Å². The molecule has 0 aliphatic carbocycles. The number of ether oxygens (including phenoxy) is 1. The zero-order valence-electron chi connectivity index (χ0n) is 10.8. The first-order chi connectivity index (χ1) is 9.15. The summed E-state index contributed by atoms with van der Waals surface area (Å²) in [4.78, 5) is 24.3. The summed E-state index contributed by atoms with van der Waals surface area (Å²) in [5, 5.41) is 0. The fourth-order valence-electron chi connectivity index (χ4n) is 2.52. The Bertz CT molecular complexity index is 697. The summed E-state index contributed by atoms with van der Waals surface area (Å²) in [6, 6.07) is 7.31. The molecule has 0 amide bonds. The first-order valence-corrected chi connectivity index (χ1v) is 6.18. The second kappa shape index (κ2) is 4.09. The smallest absolute Gasteiger partial charge is 0.340 e. The van der Waals surface area contributed by atoms with Crippen molar-refractivity contribution in [1.29, 1.82) is 0 Å². The molecule has 4 heteroatoms. The third-order valence-corrected chi connectivity index (χ3v) is 3.31. The van der Waals surface area contributed by atoms with E-state index in [-0.39, 0.29) is 11.9 Å². The van der Waals surface area contributed by atoms with Crippen LogP contribution in [-0.4, -0.2) is 23.1 Å². The Hall–Kier alpha value is -2.36. The molecule has 1 aliphatic rings. The van der Waals surface area contributed by atoms with Crippen LogP contribution in [0, 0.1) is 6.92 Å². The number of carbonyl (C=O) groups is 2. The van der Waals surface area contributed by atoms with Crippen molar-refractivity contribution in [3.63, 3.8) is 0 Å². The molecule has 0 saturated heterocycles. The zero-order chi connectivity index (χ0) is 13.6. The maximum absolute atomic E-state index is 12.2. The number of esters is 1. The average Bonchev–Trinajstić information content (AvgIpc) is 2.87. The molecule has 1 aliphatic heterocycles. The predicted molar refractivity (Wildman–Crippen MR) is 70.3 cm³/mol. The van der Waals surface area contributed by atoms with Crippen molar-refractivity contribution in [2.45, 2.75) is 13.8 Å². The fourth-order valence-corrected chi connectivity index (χ4v) is 2.52. The van der Waals surface area contributed by atoms with Gasteiger partial charge in [-0.3, -0.25) is 9.36 Å². The summed E-state index contributed by atoms with van der Waals surface area (Å²) in [5.41, 5.74) is 3.32. The molecule has 3 rings (SSSR count). The Morgan fingerprint density at radius 2 is 1.95 bits per heavy atom. The summed E-state index contributed by atoms with van der Waals surface area (Å²) < 4.78 is 6.61. The quantitative estimate of drug-likeness (QED) is 0.661. The Kier molecular flexibility index (Phi) is 2.52. The van der Waals surface area contributed by atoms with E-state index in [0.717, 1.165) is 11.1 Å². The van der Waals surface area contributed by atoms with Gasteiger partial charge in [0.15, 0.2) is 0 Å². The molecule has 0 spiro atoms. The summed E-state index contributed by atoms with van der Waals surface area (Å²) in [6.45, 7) is 3.90. The molecule has 0 N–H and O–H groups in total. The molecule has 4 nitrogen and oxygen atoms in total. The van der Waals surface area contributed by atoms with Gasteiger partial charge in [-0.15, -0.1) is 0 Å². The van der Waals surface area contributed by atoms with Gasteiger partial charge in [0.1, 0.15) is 0 Å². The number of hydrogen-bond acceptors (Lipinski definition) is 3. The van der Waals surface area contributed by atoms with Crippen LogP contribution in [0.2, 0.25) is 0 Å². The molecule has 0 fully saturated rings. The normalized spacial score (nSPS) is 12.2. The molecule has 19 heavy (non-hydrogen) atoms. The van der Waals surface area contributed by atoms with E-state index in [1.165, 1.54) is 4.57 Å². The van der Waals surface area contributed by atoms with E-state index in [0.29, 0.717) is 23.4 Å². The van der Waals surface area contributed by atoms with Crippen molar-refractivity contribution >= 4 is 11.9 Å². The molecule has 0 radical (unpaired) electrons. The van der Waals surface area contributed by atoms with Gasteiger partial charge in [-0.1, -0.05) is 18.2 Å². The van der Waals surface area contributed by atoms with Crippen LogP contribution in [0.4, 0.5) is 0 Å². The number of benzene rings is 1. The molecule has 0 atom stereocenters. The van der Waals surface area contributed by atoms with Crippen LogP contribution in [0.3, 0.4) is 0 Å². The van der Waals surface area contributed by atoms with E-state index in [9.17, 15) is 9.59 Å². The maximum atomic E-state index is 12.2. The molecule has 1 aromatic carbocycles. The zero-order valence-corrected chi connectivity index (χ0v) is 10.8. The van der Waals surface area contributed by atoms with Gasteiger partial charge >= 0.3 is 5.97 Å². The minimum absolute atomic E-state index is 0.0933. The highest BCUT2D eigenvalue weighted by Gasteiger charge is 2.32. The third-order valence-electron chi connectivity index (χ3n) is 3.31. The molecule has 96 valence electrons. The van der Waals surface area contributed by atoms with Crippen LogP contribution in [-0.2, 0) is 4.74 Å². The van der Waals surface area contributed by atoms with Crippen LogP contribution in [0.5, 0.6) is 0 Å². The second-order valence-corrected chi connectivity index (χ2v) is 4.48. The van der Waals surface area contributed by atoms with Crippen molar-refractivity contribution in [2.24, 2.45) is 0 Å². The lowest BCUT2D eigenvalue weighted by Gasteiger charge is -2.04. The third kappa shape index (κ3) is 1.53. The molecule has 2 heterocycles. The lowest BCUT2D eigenvalue weighted by Crippen LogP contribution is -2.07. The molecule has 0 unspecified atom stereocenters. The van der Waals surface area contributed by atoms with Gasteiger partial charge in [0.05, 0.1) is 17.9 Å². The molecule has 2 aromatic rings. The number of fused-ring (bicyclic) bond motifs is 3. The summed E-state index contributed by atoms with van der Waals surface area (Å²) in [6.07, 6.45) is 1.70. The number of nitrogens with zero attached hydrogens (tertiary/aromatic N) is 1. The standard InChI is InChI=1S/C15H13NO3/c1-3-19-15(18)12-9(2)8-16-13(12)10-6-4-5-7-11(10)14(16)17/h4-8H,3H2,1-2H3. The lowest BCUT2D eigenvalue weighted by atomic mass is 10.0. The van der Waals surface area contributed by atoms with Crippen LogP contribution >= 0.6 is 0 Å². The van der Waals surface area contributed by atoms with Crippen molar-refractivity contribution in [1.82, 2.24) is 4.57 Å². The first-order valence-electron chi connectivity index (χ1n) is 6.18. The van der Waals surface area contributed by atoms with Crippen LogP contribution in [0.25, 0.3) is 11.3 Å². The van der Waals surface area contributed by atoms with E-state index >= 15 is 0 Å². The van der Waals surface area contributed by atoms with Crippen LogP contribution in [0.1, 0.15) is 33.2 Å². The van der Waals surface area contributed by atoms with E-state index in [4.69, 9.17) is 4.74 Å². The van der Waals surface area contributed by atoms with Crippen LogP contribution in [0.15, 0.2) is 30.5 Å². The van der Waals surface area contributed by atoms with Gasteiger partial charge in [-0.2, -0.15) is 0 Å². The minimum atomic E-state index is -0.377. The Morgan fingerprint density at radius 1 is 1.26 bits per heavy atom. The highest BCUT2D eigenvalue weighted by atomic mass is 16.5. The van der Waals surface area contributed by atoms with Gasteiger partial charge in [-0.05, 0) is 25.5 Å². The highest BCUT2D eigenvalue weighted by molar-refractivity contribution is 6.13. The molecular weight excluding hydrogens is 242 g/mol. The number of aromatic nitrogens is 1. The van der Waals surface area contributed by atoms with Gasteiger partial charge in [-0.25, -0.2) is 4.79 Å². The summed E-state index contributed by atoms with van der Waals surface area (Å²) in [5.74, 6) is -0.470. The van der Waals surface area contributed by atoms with Crippen molar-refractivity contribution in [3.05, 3.63) is 47.2 Å². The monoisotopic (exact) mass is 255 g/mol. The average molecular weight is 255 g/mol. The Morgan fingerprint density at radius 3 is 2.63 bits per heavy atom. The summed E-state index contributed by atoms with van der Waals surface area (Å²) in [7, 11) is 0. The number of rotatable bonds is 2. The lowest BCUT2D eigenvalue weighted by molar-refractivity contribution is 0.0526. The maximum Gasteiger partial charge on any atom is 0.340 e. The van der Waals surface area contributed by atoms with E-state index in [1.54, 1.807) is 19.2 Å². The number of aryl methyl sites for hydroxylation is 1. The number of carbonyl (C=O) groups excluding carboxylic acids is 2. The minimum Gasteiger partial charge on any atom is -0.462 e. The van der Waals surface area contributed by atoms with Crippen molar-refractivity contribution < 1.29 is 14.3 Å². The molecule has 0 saturated carbocycles. The van der Waals surface area contributed by atoms with Gasteiger partial charge in [0.2, 0.25) is 0 Å². The van der Waals surface area contributed by atoms with Crippen molar-refractivity contribution in [3.8, 4) is 11.3 Å². The Balaban J connectivity index is 2.26. The molecule has 1 aromatic heterocycles. The van der Waals surface area contributed by atoms with E-state index in [2.05, 4.69) is 0 Å².